The van der Waals surface area contributed by atoms with Gasteiger partial charge in [0.15, 0.2) is 0 Å². The third-order valence-corrected chi connectivity index (χ3v) is 3.48. The van der Waals surface area contributed by atoms with Gasteiger partial charge in [-0.2, -0.15) is 0 Å². The predicted octanol–water partition coefficient (Wildman–Crippen LogP) is 7.39. The van der Waals surface area contributed by atoms with Crippen LogP contribution in [0.3, 0.4) is 0 Å². The van der Waals surface area contributed by atoms with Crippen LogP contribution in [0.4, 0.5) is 0 Å². The Morgan fingerprint density at radius 3 is 2.11 bits per heavy atom. The summed E-state index contributed by atoms with van der Waals surface area (Å²) in [6.07, 6.45) is 9.61. The fraction of sp³-hybridized carbons (Fsp3) is 0.160. The number of hydrogen-bond donors (Lipinski definition) is 0. The van der Waals surface area contributed by atoms with Crippen molar-refractivity contribution in [1.82, 2.24) is 9.55 Å². The van der Waals surface area contributed by atoms with Crippen LogP contribution in [-0.4, -0.2) is 9.55 Å². The van der Waals surface area contributed by atoms with Crippen LogP contribution in [0.25, 0.3) is 22.3 Å². The molecular weight excluding hydrogens is 328 g/mol. The molecular formula is C25H30N2. The molecule has 0 aliphatic heterocycles. The molecule has 3 aromatic rings. The summed E-state index contributed by atoms with van der Waals surface area (Å²) in [4.78, 5) is 4.82. The lowest BCUT2D eigenvalue weighted by Gasteiger charge is -2.09. The first-order valence-corrected chi connectivity index (χ1v) is 9.32. The van der Waals surface area contributed by atoms with Gasteiger partial charge in [-0.3, -0.25) is 4.57 Å². The van der Waals surface area contributed by atoms with Gasteiger partial charge in [-0.05, 0) is 38.1 Å². The highest BCUT2D eigenvalue weighted by Crippen LogP contribution is 2.26. The highest BCUT2D eigenvalue weighted by Gasteiger charge is 2.13. The van der Waals surface area contributed by atoms with Crippen molar-refractivity contribution < 1.29 is 0 Å². The molecule has 0 amide bonds. The van der Waals surface area contributed by atoms with Gasteiger partial charge in [0, 0.05) is 11.3 Å². The molecule has 0 atom stereocenters. The van der Waals surface area contributed by atoms with Crippen LogP contribution in [0.5, 0.6) is 0 Å². The van der Waals surface area contributed by atoms with E-state index < -0.39 is 0 Å². The maximum atomic E-state index is 4.82. The maximum Gasteiger partial charge on any atom is 0.145 e. The minimum Gasteiger partial charge on any atom is -0.292 e. The van der Waals surface area contributed by atoms with Crippen LogP contribution in [0, 0.1) is 0 Å². The summed E-state index contributed by atoms with van der Waals surface area (Å²) in [6, 6.07) is 18.5. The number of fused-ring (bicyclic) bond motifs is 1. The quantitative estimate of drug-likeness (QED) is 0.351. The first-order chi connectivity index (χ1) is 13.3. The minimum atomic E-state index is 0.922. The molecule has 2 heteroatoms. The third-order valence-electron chi connectivity index (χ3n) is 3.48. The Balaban J connectivity index is 0.000000665. The van der Waals surface area contributed by atoms with E-state index >= 15 is 0 Å². The lowest BCUT2D eigenvalue weighted by atomic mass is 10.2. The van der Waals surface area contributed by atoms with Crippen molar-refractivity contribution in [3.8, 4) is 5.69 Å². The molecule has 2 aromatic carbocycles. The van der Waals surface area contributed by atoms with Gasteiger partial charge in [0.05, 0.1) is 11.0 Å². The van der Waals surface area contributed by atoms with E-state index in [9.17, 15) is 0 Å². The van der Waals surface area contributed by atoms with Crippen molar-refractivity contribution in [3.63, 3.8) is 0 Å². The SMILES string of the molecule is C=C/C=C(\C=C/C)c1nc2ccccc2n1-c1ccccc1.C=CC.CC. The van der Waals surface area contributed by atoms with Gasteiger partial charge >= 0.3 is 0 Å². The van der Waals surface area contributed by atoms with Crippen molar-refractivity contribution in [2.45, 2.75) is 27.7 Å². The average molecular weight is 359 g/mol. The summed E-state index contributed by atoms with van der Waals surface area (Å²) < 4.78 is 2.19. The lowest BCUT2D eigenvalue weighted by Crippen LogP contribution is -1.99. The Hall–Kier alpha value is -3.13. The van der Waals surface area contributed by atoms with Gasteiger partial charge in [-0.25, -0.2) is 4.98 Å². The number of imidazole rings is 1. The lowest BCUT2D eigenvalue weighted by molar-refractivity contribution is 1.06. The second-order valence-corrected chi connectivity index (χ2v) is 5.36. The van der Waals surface area contributed by atoms with E-state index in [4.69, 9.17) is 4.98 Å². The van der Waals surface area contributed by atoms with Crippen molar-refractivity contribution in [2.24, 2.45) is 0 Å². The smallest absolute Gasteiger partial charge is 0.145 e. The Bertz CT molecular complexity index is 896. The van der Waals surface area contributed by atoms with E-state index in [0.29, 0.717) is 0 Å². The van der Waals surface area contributed by atoms with Gasteiger partial charge in [0.25, 0.3) is 0 Å². The van der Waals surface area contributed by atoms with Crippen LogP contribution >= 0.6 is 0 Å². The molecule has 0 bridgehead atoms. The fourth-order valence-electron chi connectivity index (χ4n) is 2.57. The number of aromatic nitrogens is 2. The van der Waals surface area contributed by atoms with E-state index in [1.54, 1.807) is 12.2 Å². The highest BCUT2D eigenvalue weighted by molar-refractivity contribution is 5.84. The summed E-state index contributed by atoms with van der Waals surface area (Å²) in [6.45, 7) is 15.1. The minimum absolute atomic E-state index is 0.922. The zero-order chi connectivity index (χ0) is 20.1. The summed E-state index contributed by atoms with van der Waals surface area (Å²) in [7, 11) is 0. The molecule has 0 saturated carbocycles. The van der Waals surface area contributed by atoms with Crippen LogP contribution in [0.1, 0.15) is 33.5 Å². The fourth-order valence-corrected chi connectivity index (χ4v) is 2.57. The molecule has 1 aromatic heterocycles. The Morgan fingerprint density at radius 2 is 1.52 bits per heavy atom. The molecule has 0 radical (unpaired) electrons. The van der Waals surface area contributed by atoms with Crippen LogP contribution in [-0.2, 0) is 0 Å². The summed E-state index contributed by atoms with van der Waals surface area (Å²) in [5.41, 5.74) is 4.23. The zero-order valence-electron chi connectivity index (χ0n) is 16.9. The topological polar surface area (TPSA) is 17.8 Å². The van der Waals surface area contributed by atoms with E-state index in [1.165, 1.54) is 0 Å². The van der Waals surface area contributed by atoms with Crippen molar-refractivity contribution >= 4 is 16.6 Å². The van der Waals surface area contributed by atoms with E-state index in [0.717, 1.165) is 28.1 Å². The van der Waals surface area contributed by atoms with Crippen LogP contribution in [0.15, 0.2) is 98.1 Å². The molecule has 0 unspecified atom stereocenters. The van der Waals surface area contributed by atoms with E-state index in [1.807, 2.05) is 76.2 Å². The number of hydrogen-bond acceptors (Lipinski definition) is 1. The van der Waals surface area contributed by atoms with Crippen LogP contribution in [0.2, 0.25) is 0 Å². The standard InChI is InChI=1S/C20H18N2.C3H6.C2H6/c1-3-10-16(11-4-2)20-21-18-14-8-9-15-19(18)22(20)17-12-6-5-7-13-17;1-3-2;1-2/h3-15H,1H2,2H3;3H,1H2,2H3;1-2H3/b11-4-,16-10+;;. The molecule has 0 aliphatic rings. The Kier molecular flexibility index (Phi) is 9.95. The monoisotopic (exact) mass is 358 g/mol. The molecule has 0 saturated heterocycles. The molecule has 0 fully saturated rings. The number of benzene rings is 2. The molecule has 27 heavy (non-hydrogen) atoms. The van der Waals surface area contributed by atoms with Gasteiger partial charge < -0.3 is 0 Å². The van der Waals surface area contributed by atoms with Gasteiger partial charge in [-0.1, -0.05) is 81.1 Å². The van der Waals surface area contributed by atoms with Crippen molar-refractivity contribution in [1.29, 1.82) is 0 Å². The zero-order valence-corrected chi connectivity index (χ0v) is 16.9. The summed E-state index contributed by atoms with van der Waals surface area (Å²) >= 11 is 0. The van der Waals surface area contributed by atoms with Gasteiger partial charge in [-0.15, -0.1) is 6.58 Å². The highest BCUT2D eigenvalue weighted by atomic mass is 15.1. The largest absolute Gasteiger partial charge is 0.292 e. The third kappa shape index (κ3) is 5.68. The van der Waals surface area contributed by atoms with Crippen molar-refractivity contribution in [2.75, 3.05) is 0 Å². The molecule has 0 aliphatic carbocycles. The first kappa shape index (κ1) is 21.9. The molecule has 0 spiro atoms. The second kappa shape index (κ2) is 12.3. The summed E-state index contributed by atoms with van der Waals surface area (Å²) in [5.74, 6) is 0.922. The van der Waals surface area contributed by atoms with E-state index in [2.05, 4.69) is 42.0 Å². The summed E-state index contributed by atoms with van der Waals surface area (Å²) in [5, 5.41) is 0. The number of para-hydroxylation sites is 3. The number of rotatable bonds is 4. The number of nitrogens with zero attached hydrogens (tertiary/aromatic N) is 2. The maximum absolute atomic E-state index is 4.82. The normalized spacial score (nSPS) is 10.6. The second-order valence-electron chi connectivity index (χ2n) is 5.36. The Labute approximate surface area is 163 Å². The molecule has 3 rings (SSSR count). The molecule has 1 heterocycles. The molecule has 2 nitrogen and oxygen atoms in total. The predicted molar refractivity (Wildman–Crippen MR) is 121 cm³/mol. The van der Waals surface area contributed by atoms with Crippen molar-refractivity contribution in [3.05, 3.63) is 104 Å². The van der Waals surface area contributed by atoms with Gasteiger partial charge in [0.1, 0.15) is 5.82 Å². The first-order valence-electron chi connectivity index (χ1n) is 9.32. The average Bonchev–Trinajstić information content (AvgIpc) is 3.10. The Morgan fingerprint density at radius 1 is 0.926 bits per heavy atom. The number of allylic oxidation sites excluding steroid dienone is 6. The van der Waals surface area contributed by atoms with Crippen LogP contribution < -0.4 is 0 Å². The van der Waals surface area contributed by atoms with E-state index in [-0.39, 0.29) is 0 Å². The molecule has 140 valence electrons. The molecule has 0 N–H and O–H groups in total. The van der Waals surface area contributed by atoms with Gasteiger partial charge in [0.2, 0.25) is 0 Å².